The summed E-state index contributed by atoms with van der Waals surface area (Å²) in [5.74, 6) is 1.08. The van der Waals surface area contributed by atoms with Gasteiger partial charge in [0.25, 0.3) is 0 Å². The summed E-state index contributed by atoms with van der Waals surface area (Å²) in [5.41, 5.74) is 3.55. The van der Waals surface area contributed by atoms with Gasteiger partial charge in [-0.05, 0) is 30.3 Å². The molecule has 148 valence electrons. The van der Waals surface area contributed by atoms with Gasteiger partial charge >= 0.3 is 0 Å². The second kappa shape index (κ2) is 8.39. The number of pyridine rings is 2. The monoisotopic (exact) mass is 384 g/mol. The Morgan fingerprint density at radius 1 is 1.07 bits per heavy atom. The van der Waals surface area contributed by atoms with Gasteiger partial charge in [0.1, 0.15) is 19.4 Å². The largest absolute Gasteiger partial charge is 0.487 e. The van der Waals surface area contributed by atoms with E-state index in [0.717, 1.165) is 27.8 Å². The summed E-state index contributed by atoms with van der Waals surface area (Å²) >= 11 is 0. The van der Waals surface area contributed by atoms with E-state index in [1.807, 2.05) is 63.4 Å². The van der Waals surface area contributed by atoms with Crippen molar-refractivity contribution in [3.05, 3.63) is 42.6 Å². The number of ether oxygens (including phenoxy) is 1. The average Bonchev–Trinajstić information content (AvgIpc) is 2.70. The summed E-state index contributed by atoms with van der Waals surface area (Å²) in [7, 11) is 7.69. The Balaban J connectivity index is 1.96. The number of aliphatic hydroxyl groups is 1. The quantitative estimate of drug-likeness (QED) is 0.675. The zero-order chi connectivity index (χ0) is 20.3. The zero-order valence-electron chi connectivity index (χ0n) is 16.6. The summed E-state index contributed by atoms with van der Waals surface area (Å²) in [4.78, 5) is 13.0. The number of benzene rings is 1. The first kappa shape index (κ1) is 19.8. The smallest absolute Gasteiger partial charge is 0.170 e. The number of halogens is 1. The van der Waals surface area contributed by atoms with Crippen molar-refractivity contribution >= 4 is 22.4 Å². The molecule has 3 aromatic rings. The van der Waals surface area contributed by atoms with E-state index < -0.39 is 12.8 Å². The van der Waals surface area contributed by atoms with Gasteiger partial charge in [-0.3, -0.25) is 0 Å². The number of fused-ring (bicyclic) bond motifs is 1. The molecular weight excluding hydrogens is 359 g/mol. The minimum atomic E-state index is -1.16. The van der Waals surface area contributed by atoms with Crippen LogP contribution in [0, 0.1) is 0 Å². The number of nitrogens with zero attached hydrogens (tertiary/aromatic N) is 4. The molecule has 0 aliphatic heterocycles. The lowest BCUT2D eigenvalue weighted by Gasteiger charge is -2.18. The van der Waals surface area contributed by atoms with E-state index in [-0.39, 0.29) is 6.61 Å². The van der Waals surface area contributed by atoms with Gasteiger partial charge in [0.15, 0.2) is 11.6 Å². The SMILES string of the molecule is CN(C)c1ccc2nc(-c3cnc(N(C)C)c(OCC(O)CF)c3)ccc2c1. The predicted molar refractivity (Wildman–Crippen MR) is 111 cm³/mol. The van der Waals surface area contributed by atoms with E-state index in [1.165, 1.54) is 0 Å². The van der Waals surface area contributed by atoms with Crippen LogP contribution < -0.4 is 14.5 Å². The van der Waals surface area contributed by atoms with Gasteiger partial charge in [0.05, 0.1) is 11.2 Å². The highest BCUT2D eigenvalue weighted by Gasteiger charge is 2.13. The summed E-state index contributed by atoms with van der Waals surface area (Å²) in [6.45, 7) is -0.994. The minimum Gasteiger partial charge on any atom is -0.487 e. The molecule has 0 aliphatic carbocycles. The van der Waals surface area contributed by atoms with Gasteiger partial charge in [-0.25, -0.2) is 14.4 Å². The first-order valence-electron chi connectivity index (χ1n) is 9.01. The molecule has 7 heteroatoms. The summed E-state index contributed by atoms with van der Waals surface area (Å²) in [5, 5.41) is 10.5. The van der Waals surface area contributed by atoms with Crippen molar-refractivity contribution < 1.29 is 14.2 Å². The Bertz CT molecular complexity index is 962. The van der Waals surface area contributed by atoms with Crippen LogP contribution in [0.3, 0.4) is 0 Å². The maximum absolute atomic E-state index is 12.6. The van der Waals surface area contributed by atoms with Crippen molar-refractivity contribution in [1.29, 1.82) is 0 Å². The predicted octanol–water partition coefficient (Wildman–Crippen LogP) is 3.14. The van der Waals surface area contributed by atoms with Crippen LogP contribution in [0.4, 0.5) is 15.9 Å². The van der Waals surface area contributed by atoms with Crippen LogP contribution >= 0.6 is 0 Å². The van der Waals surface area contributed by atoms with E-state index in [2.05, 4.69) is 11.1 Å². The van der Waals surface area contributed by atoms with Crippen molar-refractivity contribution in [1.82, 2.24) is 9.97 Å². The molecule has 0 spiro atoms. The third kappa shape index (κ3) is 4.31. The van der Waals surface area contributed by atoms with Gasteiger partial charge in [0.2, 0.25) is 0 Å². The lowest BCUT2D eigenvalue weighted by atomic mass is 10.1. The standard InChI is InChI=1S/C21H25FN4O2/c1-25(2)16-6-8-18-14(9-16)5-7-19(24-18)15-10-20(28-13-17(27)11-22)21(23-12-15)26(3)4/h5-10,12,17,27H,11,13H2,1-4H3. The Labute approximate surface area is 164 Å². The fraction of sp³-hybridized carbons (Fsp3) is 0.333. The second-order valence-corrected chi connectivity index (χ2v) is 7.03. The van der Waals surface area contributed by atoms with Gasteiger partial charge in [-0.2, -0.15) is 0 Å². The van der Waals surface area contributed by atoms with Crippen molar-refractivity contribution in [3.63, 3.8) is 0 Å². The average molecular weight is 384 g/mol. The number of hydrogen-bond acceptors (Lipinski definition) is 6. The molecule has 0 aliphatic rings. The van der Waals surface area contributed by atoms with Gasteiger partial charge < -0.3 is 19.6 Å². The zero-order valence-corrected chi connectivity index (χ0v) is 16.6. The van der Waals surface area contributed by atoms with Crippen LogP contribution in [0.1, 0.15) is 0 Å². The molecule has 2 aromatic heterocycles. The molecule has 0 radical (unpaired) electrons. The molecule has 1 atom stereocenters. The lowest BCUT2D eigenvalue weighted by Crippen LogP contribution is -2.21. The lowest BCUT2D eigenvalue weighted by molar-refractivity contribution is 0.0843. The fourth-order valence-corrected chi connectivity index (χ4v) is 2.80. The van der Waals surface area contributed by atoms with Crippen LogP contribution in [0.15, 0.2) is 42.6 Å². The fourth-order valence-electron chi connectivity index (χ4n) is 2.80. The second-order valence-electron chi connectivity index (χ2n) is 7.03. The molecule has 28 heavy (non-hydrogen) atoms. The normalized spacial score (nSPS) is 12.1. The molecule has 1 N–H and O–H groups in total. The number of anilines is 2. The van der Waals surface area contributed by atoms with E-state index in [9.17, 15) is 9.50 Å². The molecule has 1 unspecified atom stereocenters. The highest BCUT2D eigenvalue weighted by atomic mass is 19.1. The molecule has 0 saturated carbocycles. The van der Waals surface area contributed by atoms with Crippen LogP contribution in [-0.2, 0) is 0 Å². The molecule has 3 rings (SSSR count). The van der Waals surface area contributed by atoms with Crippen LogP contribution in [0.25, 0.3) is 22.2 Å². The summed E-state index contributed by atoms with van der Waals surface area (Å²) in [6, 6.07) is 11.9. The number of alkyl halides is 1. The molecule has 0 bridgehead atoms. The number of hydrogen-bond donors (Lipinski definition) is 1. The van der Waals surface area contributed by atoms with Gasteiger partial charge in [0, 0.05) is 51.0 Å². The Kier molecular flexibility index (Phi) is 5.94. The minimum absolute atomic E-state index is 0.138. The molecule has 0 fully saturated rings. The van der Waals surface area contributed by atoms with Crippen molar-refractivity contribution in [2.75, 3.05) is 51.3 Å². The molecule has 2 heterocycles. The third-order valence-electron chi connectivity index (χ3n) is 4.35. The molecule has 0 saturated heterocycles. The topological polar surface area (TPSA) is 61.7 Å². The van der Waals surface area contributed by atoms with Crippen LogP contribution in [-0.4, -0.2) is 62.7 Å². The van der Waals surface area contributed by atoms with E-state index >= 15 is 0 Å². The molecule has 1 aromatic carbocycles. The van der Waals surface area contributed by atoms with Crippen molar-refractivity contribution in [2.24, 2.45) is 0 Å². The van der Waals surface area contributed by atoms with Crippen molar-refractivity contribution in [2.45, 2.75) is 6.10 Å². The van der Waals surface area contributed by atoms with Gasteiger partial charge in [-0.15, -0.1) is 0 Å². The van der Waals surface area contributed by atoms with Gasteiger partial charge in [-0.1, -0.05) is 6.07 Å². The third-order valence-corrected chi connectivity index (χ3v) is 4.35. The maximum atomic E-state index is 12.6. The van der Waals surface area contributed by atoms with E-state index in [0.29, 0.717) is 11.6 Å². The molecular formula is C21H25FN4O2. The van der Waals surface area contributed by atoms with Crippen molar-refractivity contribution in [3.8, 4) is 17.0 Å². The summed E-state index contributed by atoms with van der Waals surface area (Å²) < 4.78 is 18.2. The first-order chi connectivity index (χ1) is 13.4. The summed E-state index contributed by atoms with van der Waals surface area (Å²) in [6.07, 6.45) is 0.569. The molecule has 6 nitrogen and oxygen atoms in total. The number of aliphatic hydroxyl groups excluding tert-OH is 1. The Morgan fingerprint density at radius 2 is 1.86 bits per heavy atom. The van der Waals surface area contributed by atoms with Crippen LogP contribution in [0.5, 0.6) is 5.75 Å². The highest BCUT2D eigenvalue weighted by Crippen LogP contribution is 2.31. The van der Waals surface area contributed by atoms with E-state index in [4.69, 9.17) is 9.72 Å². The van der Waals surface area contributed by atoms with E-state index in [1.54, 1.807) is 11.1 Å². The molecule has 0 amide bonds. The maximum Gasteiger partial charge on any atom is 0.170 e. The number of rotatable bonds is 7. The first-order valence-corrected chi connectivity index (χ1v) is 9.01. The Hall–Kier alpha value is -2.93. The number of aromatic nitrogens is 2. The van der Waals surface area contributed by atoms with Crippen LogP contribution in [0.2, 0.25) is 0 Å². The highest BCUT2D eigenvalue weighted by molar-refractivity contribution is 5.85. The Morgan fingerprint density at radius 3 is 2.54 bits per heavy atom.